The molecule has 3 aromatic rings. The molecule has 1 saturated heterocycles. The van der Waals surface area contributed by atoms with Gasteiger partial charge in [0.1, 0.15) is 30.0 Å². The number of aliphatic hydroxyl groups excluding tert-OH is 1. The number of aryl methyl sites for hydroxylation is 1. The number of hydrogen-bond acceptors (Lipinski definition) is 6. The zero-order valence-electron chi connectivity index (χ0n) is 18.3. The first kappa shape index (κ1) is 23.4. The van der Waals surface area contributed by atoms with Gasteiger partial charge in [-0.1, -0.05) is 23.7 Å². The number of ether oxygens (including phenoxy) is 1. The summed E-state index contributed by atoms with van der Waals surface area (Å²) in [6.45, 7) is 4.80. The number of aliphatic hydroxyl groups is 1. The molecule has 4 rings (SSSR count). The molecule has 1 aliphatic heterocycles. The van der Waals surface area contributed by atoms with Crippen molar-refractivity contribution < 1.29 is 19.0 Å². The number of hydrazine groups is 1. The molecule has 9 heteroatoms. The van der Waals surface area contributed by atoms with Crippen molar-refractivity contribution in [2.75, 3.05) is 39.3 Å². The molecule has 1 amide bonds. The van der Waals surface area contributed by atoms with Crippen LogP contribution in [0.1, 0.15) is 16.1 Å². The van der Waals surface area contributed by atoms with Gasteiger partial charge in [0, 0.05) is 49.2 Å². The fourth-order valence-electron chi connectivity index (χ4n) is 3.67. The summed E-state index contributed by atoms with van der Waals surface area (Å²) in [6, 6.07) is 13.5. The van der Waals surface area contributed by atoms with Gasteiger partial charge in [-0.3, -0.25) is 15.1 Å². The van der Waals surface area contributed by atoms with Gasteiger partial charge >= 0.3 is 0 Å². The van der Waals surface area contributed by atoms with Crippen LogP contribution in [-0.2, 0) is 0 Å². The number of hydrogen-bond donors (Lipinski definition) is 2. The van der Waals surface area contributed by atoms with Gasteiger partial charge in [-0.25, -0.2) is 14.4 Å². The fourth-order valence-corrected chi connectivity index (χ4v) is 3.85. The van der Waals surface area contributed by atoms with Crippen LogP contribution < -0.4 is 10.2 Å². The van der Waals surface area contributed by atoms with E-state index in [9.17, 15) is 14.3 Å². The Kier molecular flexibility index (Phi) is 7.39. The predicted molar refractivity (Wildman–Crippen MR) is 125 cm³/mol. The Balaban J connectivity index is 1.22. The van der Waals surface area contributed by atoms with E-state index in [1.807, 2.05) is 17.1 Å². The monoisotopic (exact) mass is 472 g/mol. The first-order chi connectivity index (χ1) is 15.9. The summed E-state index contributed by atoms with van der Waals surface area (Å²) in [6.07, 6.45) is -0.703. The summed E-state index contributed by atoms with van der Waals surface area (Å²) in [7, 11) is 0. The molecular weight excluding hydrogens is 447 g/mol. The summed E-state index contributed by atoms with van der Waals surface area (Å²) in [5, 5.41) is 13.6. The number of benzene rings is 2. The van der Waals surface area contributed by atoms with E-state index in [-0.39, 0.29) is 18.3 Å². The highest BCUT2D eigenvalue weighted by molar-refractivity contribution is 6.31. The molecule has 2 heterocycles. The highest BCUT2D eigenvalue weighted by atomic mass is 35.5. The van der Waals surface area contributed by atoms with Gasteiger partial charge < -0.3 is 9.84 Å². The van der Waals surface area contributed by atoms with Crippen LogP contribution in [0.5, 0.6) is 5.75 Å². The van der Waals surface area contributed by atoms with Crippen LogP contribution in [0.15, 0.2) is 48.5 Å². The standard InChI is InChI=1S/C24H26ClFN4O3/c1-16-2-5-20(13-21(16)26)33-15-19(31)14-29-8-10-30(11-9-29)28-24(32)23-6-3-17-12-18(25)4-7-22(17)27-23/h2-7,12-13,19,31H,8-11,14-15H2,1H3,(H,28,32). The van der Waals surface area contributed by atoms with Crippen molar-refractivity contribution >= 4 is 28.4 Å². The molecule has 1 aliphatic rings. The van der Waals surface area contributed by atoms with Crippen molar-refractivity contribution in [3.05, 3.63) is 70.6 Å². The second-order valence-corrected chi connectivity index (χ2v) is 8.57. The van der Waals surface area contributed by atoms with Crippen molar-refractivity contribution in [2.24, 2.45) is 0 Å². The molecule has 2 aromatic carbocycles. The normalized spacial score (nSPS) is 16.0. The SMILES string of the molecule is Cc1ccc(OCC(O)CN2CCN(NC(=O)c3ccc4cc(Cl)ccc4n3)CC2)cc1F. The van der Waals surface area contributed by atoms with E-state index >= 15 is 0 Å². The van der Waals surface area contributed by atoms with Gasteiger partial charge in [0.15, 0.2) is 0 Å². The van der Waals surface area contributed by atoms with Gasteiger partial charge in [0.2, 0.25) is 0 Å². The summed E-state index contributed by atoms with van der Waals surface area (Å²) >= 11 is 6.00. The van der Waals surface area contributed by atoms with Crippen molar-refractivity contribution in [1.29, 1.82) is 0 Å². The number of piperazine rings is 1. The van der Waals surface area contributed by atoms with Gasteiger partial charge in [-0.2, -0.15) is 0 Å². The van der Waals surface area contributed by atoms with E-state index < -0.39 is 6.10 Å². The Morgan fingerprint density at radius 3 is 2.73 bits per heavy atom. The van der Waals surface area contributed by atoms with Gasteiger partial charge in [-0.15, -0.1) is 0 Å². The number of β-amino-alcohol motifs (C(OH)–C–C–N with tert-alkyl or cyclic N) is 1. The van der Waals surface area contributed by atoms with E-state index in [0.29, 0.717) is 60.3 Å². The molecular formula is C24H26ClFN4O3. The lowest BCUT2D eigenvalue weighted by Crippen LogP contribution is -2.55. The molecule has 33 heavy (non-hydrogen) atoms. The van der Waals surface area contributed by atoms with Crippen LogP contribution in [0.25, 0.3) is 10.9 Å². The van der Waals surface area contributed by atoms with Gasteiger partial charge in [0.25, 0.3) is 5.91 Å². The smallest absolute Gasteiger partial charge is 0.284 e. The Bertz CT molecular complexity index is 1140. The molecule has 0 spiro atoms. The van der Waals surface area contributed by atoms with Crippen molar-refractivity contribution in [2.45, 2.75) is 13.0 Å². The highest BCUT2D eigenvalue weighted by Gasteiger charge is 2.21. The van der Waals surface area contributed by atoms with E-state index in [4.69, 9.17) is 16.3 Å². The number of halogens is 2. The zero-order valence-corrected chi connectivity index (χ0v) is 19.1. The van der Waals surface area contributed by atoms with Crippen LogP contribution in [0.4, 0.5) is 4.39 Å². The molecule has 2 N–H and O–H groups in total. The first-order valence-corrected chi connectivity index (χ1v) is 11.2. The zero-order chi connectivity index (χ0) is 23.4. The van der Waals surface area contributed by atoms with Crippen molar-refractivity contribution in [1.82, 2.24) is 20.3 Å². The number of aromatic nitrogens is 1. The van der Waals surface area contributed by atoms with Gasteiger partial charge in [0.05, 0.1) is 5.52 Å². The van der Waals surface area contributed by atoms with Crippen LogP contribution in [0, 0.1) is 12.7 Å². The lowest BCUT2D eigenvalue weighted by Gasteiger charge is -2.35. The fraction of sp³-hybridized carbons (Fsp3) is 0.333. The maximum absolute atomic E-state index is 13.6. The van der Waals surface area contributed by atoms with E-state index in [2.05, 4.69) is 15.3 Å². The van der Waals surface area contributed by atoms with Crippen LogP contribution in [0.3, 0.4) is 0 Å². The molecule has 174 valence electrons. The number of pyridine rings is 1. The number of fused-ring (bicyclic) bond motifs is 1. The molecule has 1 atom stereocenters. The summed E-state index contributed by atoms with van der Waals surface area (Å²) in [5.74, 6) is -0.197. The molecule has 0 bridgehead atoms. The molecule has 1 fully saturated rings. The third kappa shape index (κ3) is 6.17. The molecule has 0 radical (unpaired) electrons. The number of rotatable bonds is 7. The third-order valence-electron chi connectivity index (χ3n) is 5.57. The minimum atomic E-state index is -0.703. The third-order valence-corrected chi connectivity index (χ3v) is 5.81. The van der Waals surface area contributed by atoms with E-state index in [1.165, 1.54) is 6.07 Å². The van der Waals surface area contributed by atoms with E-state index in [0.717, 1.165) is 5.39 Å². The lowest BCUT2D eigenvalue weighted by molar-refractivity contribution is 0.0315. The first-order valence-electron chi connectivity index (χ1n) is 10.8. The van der Waals surface area contributed by atoms with Crippen molar-refractivity contribution in [3.8, 4) is 5.75 Å². The maximum Gasteiger partial charge on any atom is 0.284 e. The Morgan fingerprint density at radius 1 is 1.18 bits per heavy atom. The van der Waals surface area contributed by atoms with Crippen molar-refractivity contribution in [3.63, 3.8) is 0 Å². The average Bonchev–Trinajstić information content (AvgIpc) is 2.80. The number of nitrogens with one attached hydrogen (secondary N) is 1. The number of amides is 1. The Hall–Kier alpha value is -2.78. The van der Waals surface area contributed by atoms with E-state index in [1.54, 1.807) is 37.3 Å². The number of nitrogens with zero attached hydrogens (tertiary/aromatic N) is 3. The van der Waals surface area contributed by atoms with Crippen LogP contribution >= 0.6 is 11.6 Å². The largest absolute Gasteiger partial charge is 0.491 e. The summed E-state index contributed by atoms with van der Waals surface area (Å²) in [5.41, 5.74) is 4.50. The topological polar surface area (TPSA) is 77.9 Å². The Labute approximate surface area is 196 Å². The quantitative estimate of drug-likeness (QED) is 0.550. The minimum absolute atomic E-state index is 0.0816. The average molecular weight is 473 g/mol. The number of carbonyl (C=O) groups excluding carboxylic acids is 1. The van der Waals surface area contributed by atoms with Crippen LogP contribution in [0.2, 0.25) is 5.02 Å². The van der Waals surface area contributed by atoms with Gasteiger partial charge in [-0.05, 0) is 42.8 Å². The lowest BCUT2D eigenvalue weighted by atomic mass is 10.2. The predicted octanol–water partition coefficient (Wildman–Crippen LogP) is 3.04. The van der Waals surface area contributed by atoms with Crippen LogP contribution in [-0.4, -0.2) is 71.3 Å². The molecule has 1 aromatic heterocycles. The molecule has 0 saturated carbocycles. The minimum Gasteiger partial charge on any atom is -0.491 e. The summed E-state index contributed by atoms with van der Waals surface area (Å²) in [4.78, 5) is 19.1. The number of carbonyl (C=O) groups is 1. The molecule has 1 unspecified atom stereocenters. The second kappa shape index (κ2) is 10.4. The second-order valence-electron chi connectivity index (χ2n) is 8.14. The molecule has 7 nitrogen and oxygen atoms in total. The Morgan fingerprint density at radius 2 is 1.97 bits per heavy atom. The highest BCUT2D eigenvalue weighted by Crippen LogP contribution is 2.18. The maximum atomic E-state index is 13.6. The molecule has 0 aliphatic carbocycles. The summed E-state index contributed by atoms with van der Waals surface area (Å²) < 4.78 is 19.1.